The van der Waals surface area contributed by atoms with Gasteiger partial charge < -0.3 is 19.9 Å². The fourth-order valence-corrected chi connectivity index (χ4v) is 2.50. The maximum Gasteiger partial charge on any atom is 0.119 e. The van der Waals surface area contributed by atoms with Crippen LogP contribution >= 0.6 is 12.4 Å². The lowest BCUT2D eigenvalue weighted by molar-refractivity contribution is 0.104. The minimum atomic E-state index is -0.541. The third kappa shape index (κ3) is 6.67. The average molecular weight is 407 g/mol. The number of rotatable bonds is 10. The van der Waals surface area contributed by atoms with Gasteiger partial charge in [0.15, 0.2) is 0 Å². The van der Waals surface area contributed by atoms with Gasteiger partial charge in [0.2, 0.25) is 0 Å². The van der Waals surface area contributed by atoms with Crippen LogP contribution in [0.4, 0.5) is 0 Å². The minimum Gasteiger partial charge on any atom is -0.492 e. The molecule has 0 bridgehead atoms. The molecule has 0 fully saturated rings. The van der Waals surface area contributed by atoms with Crippen LogP contribution in [0.3, 0.4) is 0 Å². The molecule has 2 N–H and O–H groups in total. The zero-order chi connectivity index (χ0) is 19.1. The molecule has 0 spiro atoms. The van der Waals surface area contributed by atoms with E-state index in [2.05, 4.69) is 15.5 Å². The van der Waals surface area contributed by atoms with E-state index in [4.69, 9.17) is 9.47 Å². The van der Waals surface area contributed by atoms with Crippen molar-refractivity contribution in [3.05, 3.63) is 48.5 Å². The summed E-state index contributed by atoms with van der Waals surface area (Å²) >= 11 is 0. The number of fused-ring (bicyclic) bond motifs is 1. The standard InChI is InChI=1S/C20H26N4O3.ClH/c1-15(2)21-13-16(25)14-27-18-9-7-17(8-10-18)26-12-11-24-22-19-5-3-4-6-20(19)23-24;/h3-10,15-16,21,25H,11-14H2,1-2H3;1H. The first-order valence-corrected chi connectivity index (χ1v) is 9.17. The Hall–Kier alpha value is -2.35. The van der Waals surface area contributed by atoms with Crippen LogP contribution in [0.15, 0.2) is 48.5 Å². The molecule has 0 amide bonds. The van der Waals surface area contributed by atoms with Crippen molar-refractivity contribution in [3.8, 4) is 11.5 Å². The molecule has 28 heavy (non-hydrogen) atoms. The maximum atomic E-state index is 9.86. The summed E-state index contributed by atoms with van der Waals surface area (Å²) in [4.78, 5) is 1.65. The highest BCUT2D eigenvalue weighted by Crippen LogP contribution is 2.18. The van der Waals surface area contributed by atoms with Crippen molar-refractivity contribution in [1.82, 2.24) is 20.3 Å². The molecular weight excluding hydrogens is 380 g/mol. The smallest absolute Gasteiger partial charge is 0.119 e. The van der Waals surface area contributed by atoms with Gasteiger partial charge in [-0.3, -0.25) is 0 Å². The molecule has 1 atom stereocenters. The van der Waals surface area contributed by atoms with Crippen LogP contribution in [-0.4, -0.2) is 52.0 Å². The Balaban J connectivity index is 0.00000280. The quantitative estimate of drug-likeness (QED) is 0.538. The number of halogens is 1. The molecule has 0 aliphatic rings. The fraction of sp³-hybridized carbons (Fsp3) is 0.400. The number of nitrogens with one attached hydrogen (secondary N) is 1. The van der Waals surface area contributed by atoms with Gasteiger partial charge in [0.05, 0.1) is 6.54 Å². The fourth-order valence-electron chi connectivity index (χ4n) is 2.50. The first kappa shape index (κ1) is 21.9. The highest BCUT2D eigenvalue weighted by Gasteiger charge is 2.06. The Kier molecular flexibility index (Phi) is 8.50. The van der Waals surface area contributed by atoms with Gasteiger partial charge in [-0.05, 0) is 36.4 Å². The molecule has 2 aromatic carbocycles. The lowest BCUT2D eigenvalue weighted by atomic mass is 10.3. The molecule has 0 aliphatic heterocycles. The van der Waals surface area contributed by atoms with Crippen molar-refractivity contribution >= 4 is 23.4 Å². The predicted molar refractivity (Wildman–Crippen MR) is 111 cm³/mol. The number of benzene rings is 2. The van der Waals surface area contributed by atoms with E-state index in [0.717, 1.165) is 16.8 Å². The normalized spacial score (nSPS) is 12.0. The summed E-state index contributed by atoms with van der Waals surface area (Å²) in [6.07, 6.45) is -0.541. The average Bonchev–Trinajstić information content (AvgIpc) is 3.08. The number of aliphatic hydroxyl groups excluding tert-OH is 1. The Bertz CT molecular complexity index is 806. The van der Waals surface area contributed by atoms with Crippen molar-refractivity contribution in [3.63, 3.8) is 0 Å². The van der Waals surface area contributed by atoms with Crippen LogP contribution in [-0.2, 0) is 6.54 Å². The van der Waals surface area contributed by atoms with Crippen molar-refractivity contribution in [2.24, 2.45) is 0 Å². The molecule has 3 aromatic rings. The Morgan fingerprint density at radius 1 is 0.964 bits per heavy atom. The van der Waals surface area contributed by atoms with Gasteiger partial charge in [-0.2, -0.15) is 15.0 Å². The molecular formula is C20H27ClN4O3. The number of aromatic nitrogens is 3. The van der Waals surface area contributed by atoms with E-state index in [0.29, 0.717) is 31.5 Å². The van der Waals surface area contributed by atoms with Gasteiger partial charge in [0.1, 0.15) is 41.9 Å². The number of hydrogen-bond donors (Lipinski definition) is 2. The highest BCUT2D eigenvalue weighted by atomic mass is 35.5. The molecule has 0 saturated heterocycles. The van der Waals surface area contributed by atoms with Crippen LogP contribution in [0.25, 0.3) is 11.0 Å². The molecule has 3 rings (SSSR count). The van der Waals surface area contributed by atoms with E-state index in [1.54, 1.807) is 4.80 Å². The molecule has 1 aromatic heterocycles. The third-order valence-corrected chi connectivity index (χ3v) is 3.92. The lowest BCUT2D eigenvalue weighted by Crippen LogP contribution is -2.35. The lowest BCUT2D eigenvalue weighted by Gasteiger charge is -2.15. The second-order valence-electron chi connectivity index (χ2n) is 6.63. The summed E-state index contributed by atoms with van der Waals surface area (Å²) in [5, 5.41) is 21.8. The number of aliphatic hydroxyl groups is 1. The van der Waals surface area contributed by atoms with Gasteiger partial charge in [-0.25, -0.2) is 0 Å². The summed E-state index contributed by atoms with van der Waals surface area (Å²) in [5.74, 6) is 1.45. The second-order valence-corrected chi connectivity index (χ2v) is 6.63. The van der Waals surface area contributed by atoms with E-state index < -0.39 is 6.10 Å². The largest absolute Gasteiger partial charge is 0.492 e. The predicted octanol–water partition coefficient (Wildman–Crippen LogP) is 2.67. The maximum absolute atomic E-state index is 9.86. The summed E-state index contributed by atoms with van der Waals surface area (Å²) in [6.45, 7) is 5.88. The van der Waals surface area contributed by atoms with Gasteiger partial charge in [-0.15, -0.1) is 12.4 Å². The third-order valence-electron chi connectivity index (χ3n) is 3.92. The van der Waals surface area contributed by atoms with E-state index in [1.807, 2.05) is 62.4 Å². The van der Waals surface area contributed by atoms with Crippen LogP contribution < -0.4 is 14.8 Å². The zero-order valence-corrected chi connectivity index (χ0v) is 16.9. The molecule has 152 valence electrons. The monoisotopic (exact) mass is 406 g/mol. The van der Waals surface area contributed by atoms with Gasteiger partial charge in [0, 0.05) is 12.6 Å². The molecule has 0 radical (unpaired) electrons. The van der Waals surface area contributed by atoms with Crippen molar-refractivity contribution in [2.75, 3.05) is 19.8 Å². The Morgan fingerprint density at radius 3 is 2.11 bits per heavy atom. The van der Waals surface area contributed by atoms with E-state index in [1.165, 1.54) is 0 Å². The first-order valence-electron chi connectivity index (χ1n) is 9.17. The van der Waals surface area contributed by atoms with E-state index >= 15 is 0 Å². The van der Waals surface area contributed by atoms with E-state index in [9.17, 15) is 5.11 Å². The zero-order valence-electron chi connectivity index (χ0n) is 16.1. The summed E-state index contributed by atoms with van der Waals surface area (Å²) < 4.78 is 11.3. The number of hydrogen-bond acceptors (Lipinski definition) is 6. The Morgan fingerprint density at radius 2 is 1.54 bits per heavy atom. The number of nitrogens with zero attached hydrogens (tertiary/aromatic N) is 3. The first-order chi connectivity index (χ1) is 13.1. The second kappa shape index (κ2) is 10.8. The number of ether oxygens (including phenoxy) is 2. The van der Waals surface area contributed by atoms with Crippen LogP contribution in [0, 0.1) is 0 Å². The van der Waals surface area contributed by atoms with Crippen molar-refractivity contribution in [1.29, 1.82) is 0 Å². The summed E-state index contributed by atoms with van der Waals surface area (Å²) in [5.41, 5.74) is 1.76. The van der Waals surface area contributed by atoms with Crippen molar-refractivity contribution < 1.29 is 14.6 Å². The van der Waals surface area contributed by atoms with Crippen LogP contribution in [0.2, 0.25) is 0 Å². The van der Waals surface area contributed by atoms with Crippen LogP contribution in [0.1, 0.15) is 13.8 Å². The van der Waals surface area contributed by atoms with E-state index in [-0.39, 0.29) is 19.0 Å². The van der Waals surface area contributed by atoms with Gasteiger partial charge in [-0.1, -0.05) is 26.0 Å². The summed E-state index contributed by atoms with van der Waals surface area (Å²) in [6, 6.07) is 15.5. The molecule has 8 heteroatoms. The Labute approximate surface area is 171 Å². The molecule has 0 saturated carbocycles. The molecule has 7 nitrogen and oxygen atoms in total. The van der Waals surface area contributed by atoms with Gasteiger partial charge in [0.25, 0.3) is 0 Å². The van der Waals surface area contributed by atoms with Crippen molar-refractivity contribution in [2.45, 2.75) is 32.5 Å². The molecule has 1 heterocycles. The summed E-state index contributed by atoms with van der Waals surface area (Å²) in [7, 11) is 0. The molecule has 0 aliphatic carbocycles. The highest BCUT2D eigenvalue weighted by molar-refractivity contribution is 5.85. The minimum absolute atomic E-state index is 0. The van der Waals surface area contributed by atoms with Gasteiger partial charge >= 0.3 is 0 Å². The molecule has 1 unspecified atom stereocenters. The topological polar surface area (TPSA) is 81.4 Å². The van der Waals surface area contributed by atoms with Crippen LogP contribution in [0.5, 0.6) is 11.5 Å². The SMILES string of the molecule is CC(C)NCC(O)COc1ccc(OCCn2nc3ccccc3n2)cc1.Cl.